The average Bonchev–Trinajstić information content (AvgIpc) is 2.81. The zero-order valence-corrected chi connectivity index (χ0v) is 18.8. The lowest BCUT2D eigenvalue weighted by atomic mass is 10.0. The molecule has 2 aromatic rings. The number of benzene rings is 2. The first-order valence-corrected chi connectivity index (χ1v) is 10.5. The fourth-order valence-corrected chi connectivity index (χ4v) is 3.14. The zero-order valence-electron chi connectivity index (χ0n) is 18.8. The Balaban J connectivity index is 1.80. The van der Waals surface area contributed by atoms with Crippen molar-refractivity contribution in [3.05, 3.63) is 69.8 Å². The van der Waals surface area contributed by atoms with Gasteiger partial charge in [-0.1, -0.05) is 0 Å². The second kappa shape index (κ2) is 12.6. The summed E-state index contributed by atoms with van der Waals surface area (Å²) in [5.41, 5.74) is -1.30. The standard InChI is InChI=1S/C24H22O12/c25-19(26)12-15-10-14(5-6-16(15)21(29)30)23(33)35-8-2-1-3-9-36-24(34)17-7-4-13(20(27)28)11-18(17)22(31)32/h4-7,10-11H,1-3,8-9,12H2,(H,25,26)(H,27,28)(H,29,30)(H,31,32). The molecule has 0 fully saturated rings. The summed E-state index contributed by atoms with van der Waals surface area (Å²) < 4.78 is 10.1. The van der Waals surface area contributed by atoms with Crippen molar-refractivity contribution in [2.24, 2.45) is 0 Å². The summed E-state index contributed by atoms with van der Waals surface area (Å²) in [4.78, 5) is 68.8. The summed E-state index contributed by atoms with van der Waals surface area (Å²) in [5.74, 6) is -7.05. The van der Waals surface area contributed by atoms with Crippen LogP contribution in [0, 0.1) is 0 Å². The van der Waals surface area contributed by atoms with Crippen LogP contribution in [0.5, 0.6) is 0 Å². The summed E-state index contributed by atoms with van der Waals surface area (Å²) >= 11 is 0. The third-order valence-electron chi connectivity index (χ3n) is 4.88. The fourth-order valence-electron chi connectivity index (χ4n) is 3.14. The van der Waals surface area contributed by atoms with Crippen LogP contribution in [-0.4, -0.2) is 69.5 Å². The van der Waals surface area contributed by atoms with Gasteiger partial charge >= 0.3 is 35.8 Å². The predicted octanol–water partition coefficient (Wildman–Crippen LogP) is 2.59. The maximum absolute atomic E-state index is 12.2. The molecule has 0 atom stereocenters. The number of hydrogen-bond acceptors (Lipinski definition) is 8. The minimum absolute atomic E-state index is 0.00153. The van der Waals surface area contributed by atoms with E-state index < -0.39 is 47.8 Å². The minimum Gasteiger partial charge on any atom is -0.481 e. The maximum atomic E-state index is 12.2. The molecule has 0 aliphatic heterocycles. The van der Waals surface area contributed by atoms with Crippen LogP contribution in [0.3, 0.4) is 0 Å². The lowest BCUT2D eigenvalue weighted by Gasteiger charge is -2.09. The lowest BCUT2D eigenvalue weighted by molar-refractivity contribution is -0.136. The second-order valence-electron chi connectivity index (χ2n) is 7.45. The van der Waals surface area contributed by atoms with Gasteiger partial charge in [0, 0.05) is 0 Å². The van der Waals surface area contributed by atoms with Gasteiger partial charge in [-0.2, -0.15) is 0 Å². The number of carboxylic acids is 4. The van der Waals surface area contributed by atoms with Crippen molar-refractivity contribution in [1.29, 1.82) is 0 Å². The molecule has 0 bridgehead atoms. The van der Waals surface area contributed by atoms with Crippen molar-refractivity contribution >= 4 is 35.8 Å². The topological polar surface area (TPSA) is 202 Å². The van der Waals surface area contributed by atoms with E-state index in [4.69, 9.17) is 24.8 Å². The van der Waals surface area contributed by atoms with Crippen LogP contribution in [0.15, 0.2) is 36.4 Å². The number of hydrogen-bond donors (Lipinski definition) is 4. The first-order chi connectivity index (χ1) is 17.0. The highest BCUT2D eigenvalue weighted by molar-refractivity contribution is 6.04. The number of esters is 2. The predicted molar refractivity (Wildman–Crippen MR) is 120 cm³/mol. The number of aliphatic carboxylic acids is 1. The highest BCUT2D eigenvalue weighted by Crippen LogP contribution is 2.16. The van der Waals surface area contributed by atoms with E-state index in [2.05, 4.69) is 0 Å². The molecule has 0 aliphatic rings. The Hall–Kier alpha value is -4.74. The Kier molecular flexibility index (Phi) is 9.66. The normalized spacial score (nSPS) is 10.3. The number of rotatable bonds is 13. The largest absolute Gasteiger partial charge is 0.481 e. The van der Waals surface area contributed by atoms with E-state index in [-0.39, 0.29) is 41.0 Å². The Morgan fingerprint density at radius 2 is 1.14 bits per heavy atom. The van der Waals surface area contributed by atoms with Crippen LogP contribution < -0.4 is 0 Å². The van der Waals surface area contributed by atoms with E-state index in [1.165, 1.54) is 6.07 Å². The van der Waals surface area contributed by atoms with Gasteiger partial charge in [0.05, 0.1) is 47.5 Å². The number of carboxylic acid groups (broad SMARTS) is 4. The number of carbonyl (C=O) groups excluding carboxylic acids is 2. The molecule has 0 aliphatic carbocycles. The molecule has 0 saturated heterocycles. The minimum atomic E-state index is -1.47. The molecule has 12 nitrogen and oxygen atoms in total. The first kappa shape index (κ1) is 27.5. The summed E-state index contributed by atoms with van der Waals surface area (Å²) in [6.07, 6.45) is 0.673. The molecule has 0 heterocycles. The third-order valence-corrected chi connectivity index (χ3v) is 4.88. The monoisotopic (exact) mass is 502 g/mol. The van der Waals surface area contributed by atoms with Crippen molar-refractivity contribution in [1.82, 2.24) is 0 Å². The molecule has 0 aromatic heterocycles. The van der Waals surface area contributed by atoms with Gasteiger partial charge in [-0.05, 0) is 61.2 Å². The smallest absolute Gasteiger partial charge is 0.339 e. The van der Waals surface area contributed by atoms with E-state index in [0.29, 0.717) is 19.3 Å². The molecule has 4 N–H and O–H groups in total. The van der Waals surface area contributed by atoms with Crippen molar-refractivity contribution in [3.63, 3.8) is 0 Å². The van der Waals surface area contributed by atoms with Gasteiger partial charge in [-0.15, -0.1) is 0 Å². The van der Waals surface area contributed by atoms with E-state index in [0.717, 1.165) is 30.3 Å². The Morgan fingerprint density at radius 1 is 0.583 bits per heavy atom. The van der Waals surface area contributed by atoms with Crippen molar-refractivity contribution in [3.8, 4) is 0 Å². The van der Waals surface area contributed by atoms with Gasteiger partial charge in [0.1, 0.15) is 0 Å². The maximum Gasteiger partial charge on any atom is 0.339 e. The molecular weight excluding hydrogens is 480 g/mol. The van der Waals surface area contributed by atoms with Crippen molar-refractivity contribution in [2.75, 3.05) is 13.2 Å². The van der Waals surface area contributed by atoms with Crippen molar-refractivity contribution < 1.29 is 58.7 Å². The van der Waals surface area contributed by atoms with Crippen LogP contribution in [0.1, 0.15) is 76.6 Å². The molecule has 12 heteroatoms. The summed E-state index contributed by atoms with van der Waals surface area (Å²) in [6.45, 7) is -0.0523. The number of ether oxygens (including phenoxy) is 2. The molecule has 0 spiro atoms. The highest BCUT2D eigenvalue weighted by atomic mass is 16.5. The summed E-state index contributed by atoms with van der Waals surface area (Å²) in [6, 6.07) is 6.56. The Labute approximate surface area is 203 Å². The van der Waals surface area contributed by atoms with Crippen LogP contribution in [0.4, 0.5) is 0 Å². The quantitative estimate of drug-likeness (QED) is 0.231. The Morgan fingerprint density at radius 3 is 1.69 bits per heavy atom. The van der Waals surface area contributed by atoms with Gasteiger partial charge in [0.25, 0.3) is 0 Å². The number of unbranched alkanes of at least 4 members (excludes halogenated alkanes) is 2. The number of carbonyl (C=O) groups is 6. The molecule has 2 rings (SSSR count). The van der Waals surface area contributed by atoms with E-state index in [1.54, 1.807) is 0 Å². The van der Waals surface area contributed by atoms with Gasteiger partial charge in [0.2, 0.25) is 0 Å². The van der Waals surface area contributed by atoms with Gasteiger partial charge in [-0.3, -0.25) is 4.79 Å². The van der Waals surface area contributed by atoms with Crippen molar-refractivity contribution in [2.45, 2.75) is 25.7 Å². The fraction of sp³-hybridized carbons (Fsp3) is 0.250. The molecule has 0 amide bonds. The van der Waals surface area contributed by atoms with Crippen LogP contribution in [0.25, 0.3) is 0 Å². The SMILES string of the molecule is O=C(O)Cc1cc(C(=O)OCCCCCOC(=O)c2ccc(C(=O)O)cc2C(=O)O)ccc1C(=O)O. The first-order valence-electron chi connectivity index (χ1n) is 10.5. The lowest BCUT2D eigenvalue weighted by Crippen LogP contribution is -2.14. The van der Waals surface area contributed by atoms with Crippen LogP contribution in [-0.2, 0) is 20.7 Å². The van der Waals surface area contributed by atoms with E-state index >= 15 is 0 Å². The summed E-state index contributed by atoms with van der Waals surface area (Å²) in [7, 11) is 0. The van der Waals surface area contributed by atoms with Gasteiger partial charge in [0.15, 0.2) is 0 Å². The van der Waals surface area contributed by atoms with Gasteiger partial charge in [-0.25, -0.2) is 24.0 Å². The molecular formula is C24H22O12. The molecule has 0 unspecified atom stereocenters. The average molecular weight is 502 g/mol. The molecule has 36 heavy (non-hydrogen) atoms. The highest BCUT2D eigenvalue weighted by Gasteiger charge is 2.20. The molecule has 0 radical (unpaired) electrons. The van der Waals surface area contributed by atoms with E-state index in [9.17, 15) is 33.9 Å². The molecule has 190 valence electrons. The van der Waals surface area contributed by atoms with Crippen LogP contribution in [0.2, 0.25) is 0 Å². The second-order valence-corrected chi connectivity index (χ2v) is 7.45. The summed E-state index contributed by atoms with van der Waals surface area (Å²) in [5, 5.41) is 36.2. The Bertz CT molecular complexity index is 1200. The number of aromatic carboxylic acids is 3. The third kappa shape index (κ3) is 7.65. The molecule has 0 saturated carbocycles. The van der Waals surface area contributed by atoms with E-state index in [1.807, 2.05) is 0 Å². The molecule has 2 aromatic carbocycles. The van der Waals surface area contributed by atoms with Crippen LogP contribution >= 0.6 is 0 Å². The van der Waals surface area contributed by atoms with Gasteiger partial charge < -0.3 is 29.9 Å². The zero-order chi connectivity index (χ0) is 26.8.